The molecule has 1 fully saturated rings. The van der Waals surface area contributed by atoms with Crippen LogP contribution in [0.3, 0.4) is 0 Å². The lowest BCUT2D eigenvalue weighted by atomic mass is 10.0. The highest BCUT2D eigenvalue weighted by molar-refractivity contribution is 6.36. The number of aromatic nitrogens is 2. The Balaban J connectivity index is 1.46. The number of carbonyl (C=O) groups is 1. The van der Waals surface area contributed by atoms with Crippen molar-refractivity contribution >= 4 is 46.4 Å². The van der Waals surface area contributed by atoms with Crippen LogP contribution in [-0.4, -0.2) is 64.8 Å². The summed E-state index contributed by atoms with van der Waals surface area (Å²) in [6.07, 6.45) is 3.39. The zero-order valence-corrected chi connectivity index (χ0v) is 20.8. The average molecular weight is 523 g/mol. The molecule has 34 heavy (non-hydrogen) atoms. The second kappa shape index (κ2) is 11.4. The van der Waals surface area contributed by atoms with E-state index in [0.29, 0.717) is 27.3 Å². The second-order valence-electron chi connectivity index (χ2n) is 8.13. The number of hydrogen-bond donors (Lipinski definition) is 2. The minimum atomic E-state index is -0.288. The van der Waals surface area contributed by atoms with Crippen molar-refractivity contribution in [3.63, 3.8) is 0 Å². The minimum Gasteiger partial charge on any atom is -0.395 e. The summed E-state index contributed by atoms with van der Waals surface area (Å²) in [5.74, 6) is -0.288. The summed E-state index contributed by atoms with van der Waals surface area (Å²) in [6.45, 7) is 4.08. The molecule has 3 aromatic rings. The Hall–Kier alpha value is -2.29. The van der Waals surface area contributed by atoms with Crippen molar-refractivity contribution in [2.75, 3.05) is 44.2 Å². The van der Waals surface area contributed by atoms with E-state index in [0.717, 1.165) is 37.4 Å². The van der Waals surface area contributed by atoms with Gasteiger partial charge in [-0.3, -0.25) is 9.69 Å². The van der Waals surface area contributed by atoms with Crippen molar-refractivity contribution in [2.45, 2.75) is 12.6 Å². The van der Waals surface area contributed by atoms with Crippen molar-refractivity contribution in [1.29, 1.82) is 0 Å². The van der Waals surface area contributed by atoms with E-state index in [2.05, 4.69) is 32.2 Å². The van der Waals surface area contributed by atoms with Gasteiger partial charge < -0.3 is 19.9 Å². The molecule has 4 rings (SSSR count). The smallest absolute Gasteiger partial charge is 0.271 e. The number of carbonyl (C=O) groups excluding carboxylic acids is 1. The van der Waals surface area contributed by atoms with Crippen molar-refractivity contribution in [3.05, 3.63) is 81.3 Å². The molecule has 1 amide bonds. The molecule has 1 aliphatic rings. The van der Waals surface area contributed by atoms with Gasteiger partial charge in [-0.15, -0.1) is 0 Å². The number of rotatable bonds is 8. The lowest BCUT2D eigenvalue weighted by molar-refractivity contribution is 0.0940. The first-order chi connectivity index (χ1) is 16.4. The molecule has 7 nitrogen and oxygen atoms in total. The molecule has 1 aliphatic heterocycles. The second-order valence-corrected chi connectivity index (χ2v) is 9.41. The SMILES string of the molecule is O=C(NCCO)c1cn(CCN2CCN(c3ccc(Cl)cc3Cl)[C@H](c3ccc(Cl)cc3)C2)cn1. The number of nitrogens with zero attached hydrogens (tertiary/aromatic N) is 4. The summed E-state index contributed by atoms with van der Waals surface area (Å²) >= 11 is 18.8. The highest BCUT2D eigenvalue weighted by Gasteiger charge is 2.29. The maximum atomic E-state index is 12.0. The molecular formula is C24H26Cl3N5O2. The number of aliphatic hydroxyl groups excluding tert-OH is 1. The number of anilines is 1. The fourth-order valence-electron chi connectivity index (χ4n) is 4.13. The minimum absolute atomic E-state index is 0.0901. The summed E-state index contributed by atoms with van der Waals surface area (Å²) in [5.41, 5.74) is 2.46. The number of halogens is 3. The third kappa shape index (κ3) is 6.03. The van der Waals surface area contributed by atoms with Crippen LogP contribution in [0.4, 0.5) is 5.69 Å². The molecule has 1 saturated heterocycles. The van der Waals surface area contributed by atoms with Crippen molar-refractivity contribution < 1.29 is 9.90 Å². The van der Waals surface area contributed by atoms with E-state index in [9.17, 15) is 4.79 Å². The van der Waals surface area contributed by atoms with E-state index in [-0.39, 0.29) is 25.1 Å². The van der Waals surface area contributed by atoms with Gasteiger partial charge in [0.2, 0.25) is 0 Å². The molecule has 1 atom stereocenters. The zero-order valence-electron chi connectivity index (χ0n) is 18.5. The average Bonchev–Trinajstić information content (AvgIpc) is 3.31. The molecule has 0 spiro atoms. The fraction of sp³-hybridized carbons (Fsp3) is 0.333. The lowest BCUT2D eigenvalue weighted by Crippen LogP contribution is -2.49. The van der Waals surface area contributed by atoms with E-state index < -0.39 is 0 Å². The summed E-state index contributed by atoms with van der Waals surface area (Å²) in [6, 6.07) is 13.6. The topological polar surface area (TPSA) is 73.6 Å². The van der Waals surface area contributed by atoms with Crippen LogP contribution in [0.25, 0.3) is 0 Å². The number of amides is 1. The maximum absolute atomic E-state index is 12.0. The number of piperazine rings is 1. The third-order valence-electron chi connectivity index (χ3n) is 5.88. The number of hydrogen-bond acceptors (Lipinski definition) is 5. The monoisotopic (exact) mass is 521 g/mol. The Labute approximate surface area is 213 Å². The Morgan fingerprint density at radius 1 is 1.06 bits per heavy atom. The number of imidazole rings is 1. The first-order valence-electron chi connectivity index (χ1n) is 11.0. The molecule has 0 saturated carbocycles. The number of benzene rings is 2. The van der Waals surface area contributed by atoms with E-state index in [1.807, 2.05) is 28.8 Å². The molecule has 10 heteroatoms. The molecule has 0 aliphatic carbocycles. The first-order valence-corrected chi connectivity index (χ1v) is 12.2. The van der Waals surface area contributed by atoms with E-state index in [4.69, 9.17) is 39.9 Å². The van der Waals surface area contributed by atoms with Crippen molar-refractivity contribution in [1.82, 2.24) is 19.8 Å². The molecule has 2 aromatic carbocycles. The fourth-order valence-corrected chi connectivity index (χ4v) is 4.77. The zero-order chi connectivity index (χ0) is 24.1. The highest BCUT2D eigenvalue weighted by atomic mass is 35.5. The molecule has 1 aromatic heterocycles. The Morgan fingerprint density at radius 3 is 2.56 bits per heavy atom. The number of nitrogens with one attached hydrogen (secondary N) is 1. The van der Waals surface area contributed by atoms with Crippen LogP contribution in [0.5, 0.6) is 0 Å². The van der Waals surface area contributed by atoms with Gasteiger partial charge in [-0.1, -0.05) is 46.9 Å². The summed E-state index contributed by atoms with van der Waals surface area (Å²) in [7, 11) is 0. The highest BCUT2D eigenvalue weighted by Crippen LogP contribution is 2.36. The summed E-state index contributed by atoms with van der Waals surface area (Å²) < 4.78 is 1.91. The normalized spacial score (nSPS) is 16.6. The van der Waals surface area contributed by atoms with Gasteiger partial charge in [-0.2, -0.15) is 0 Å². The van der Waals surface area contributed by atoms with Crippen LogP contribution in [0.2, 0.25) is 15.1 Å². The van der Waals surface area contributed by atoms with Crippen LogP contribution >= 0.6 is 34.8 Å². The van der Waals surface area contributed by atoms with Gasteiger partial charge in [0.15, 0.2) is 0 Å². The molecule has 0 unspecified atom stereocenters. The number of aliphatic hydroxyl groups is 1. The van der Waals surface area contributed by atoms with Gasteiger partial charge in [0.1, 0.15) is 5.69 Å². The summed E-state index contributed by atoms with van der Waals surface area (Å²) in [5, 5.41) is 13.4. The van der Waals surface area contributed by atoms with E-state index in [1.165, 1.54) is 0 Å². The quantitative estimate of drug-likeness (QED) is 0.465. The van der Waals surface area contributed by atoms with E-state index >= 15 is 0 Å². The molecular weight excluding hydrogens is 497 g/mol. The Morgan fingerprint density at radius 2 is 1.82 bits per heavy atom. The van der Waals surface area contributed by atoms with Crippen LogP contribution in [0.15, 0.2) is 55.0 Å². The van der Waals surface area contributed by atoms with E-state index in [1.54, 1.807) is 18.6 Å². The van der Waals surface area contributed by atoms with Crippen LogP contribution < -0.4 is 10.2 Å². The lowest BCUT2D eigenvalue weighted by Gasteiger charge is -2.43. The Bertz CT molecular complexity index is 1120. The van der Waals surface area contributed by atoms with Crippen molar-refractivity contribution in [2.24, 2.45) is 0 Å². The predicted octanol–water partition coefficient (Wildman–Crippen LogP) is 4.13. The molecule has 2 heterocycles. The van der Waals surface area contributed by atoms with Gasteiger partial charge in [-0.25, -0.2) is 4.98 Å². The van der Waals surface area contributed by atoms with Crippen LogP contribution in [0, 0.1) is 0 Å². The predicted molar refractivity (Wildman–Crippen MR) is 136 cm³/mol. The van der Waals surface area contributed by atoms with Crippen molar-refractivity contribution in [3.8, 4) is 0 Å². The van der Waals surface area contributed by atoms with Gasteiger partial charge in [-0.05, 0) is 35.9 Å². The molecule has 0 bridgehead atoms. The first kappa shape index (κ1) is 24.8. The van der Waals surface area contributed by atoms with Gasteiger partial charge in [0.05, 0.1) is 29.7 Å². The largest absolute Gasteiger partial charge is 0.395 e. The summed E-state index contributed by atoms with van der Waals surface area (Å²) in [4.78, 5) is 20.9. The van der Waals surface area contributed by atoms with Crippen LogP contribution in [-0.2, 0) is 6.54 Å². The molecule has 0 radical (unpaired) electrons. The van der Waals surface area contributed by atoms with Gasteiger partial charge in [0, 0.05) is 55.5 Å². The standard InChI is InChI=1S/C24H26Cl3N5O2/c25-18-3-1-17(2-4-18)23-15-30(10-11-32(23)22-6-5-19(26)13-20(22)27)8-9-31-14-21(29-16-31)24(34)28-7-12-33/h1-6,13-14,16,23,33H,7-12,15H2,(H,28,34)/t23-/m0/s1. The maximum Gasteiger partial charge on any atom is 0.271 e. The van der Waals surface area contributed by atoms with Gasteiger partial charge >= 0.3 is 0 Å². The third-order valence-corrected chi connectivity index (χ3v) is 6.67. The Kier molecular flexibility index (Phi) is 8.34. The van der Waals surface area contributed by atoms with Gasteiger partial charge in [0.25, 0.3) is 5.91 Å². The molecule has 180 valence electrons. The van der Waals surface area contributed by atoms with Crippen LogP contribution in [0.1, 0.15) is 22.1 Å². The molecule has 2 N–H and O–H groups in total.